The van der Waals surface area contributed by atoms with Gasteiger partial charge < -0.3 is 14.0 Å². The lowest BCUT2D eigenvalue weighted by Gasteiger charge is -2.32. The third-order valence-electron chi connectivity index (χ3n) is 8.30. The summed E-state index contributed by atoms with van der Waals surface area (Å²) in [5.74, 6) is -0.533. The van der Waals surface area contributed by atoms with Crippen LogP contribution in [0.2, 0.25) is 5.02 Å². The summed E-state index contributed by atoms with van der Waals surface area (Å²) in [5.41, 5.74) is 6.88. The maximum absolute atomic E-state index is 13.9. The second-order valence-corrected chi connectivity index (χ2v) is 10.9. The highest BCUT2D eigenvalue weighted by Gasteiger charge is 2.55. The molecule has 0 spiro atoms. The number of ether oxygens (including phenoxy) is 1. The van der Waals surface area contributed by atoms with Crippen LogP contribution < -0.4 is 4.90 Å². The summed E-state index contributed by atoms with van der Waals surface area (Å²) in [5, 5.41) is 0.484. The highest BCUT2D eigenvalue weighted by Crippen LogP contribution is 2.53. The first-order valence-corrected chi connectivity index (χ1v) is 14.6. The van der Waals surface area contributed by atoms with E-state index in [0.717, 1.165) is 46.7 Å². The van der Waals surface area contributed by atoms with Crippen molar-refractivity contribution in [1.29, 1.82) is 0 Å². The number of carbonyl (C=O) groups excluding carboxylic acids is 1. The van der Waals surface area contributed by atoms with Gasteiger partial charge >= 0.3 is 5.97 Å². The minimum Gasteiger partial charge on any atom is -0.436 e. The highest BCUT2D eigenvalue weighted by atomic mass is 35.5. The molecule has 1 aliphatic rings. The minimum absolute atomic E-state index is 0.195. The van der Waals surface area contributed by atoms with E-state index >= 15 is 0 Å². The third kappa shape index (κ3) is 3.75. The molecule has 0 saturated heterocycles. The van der Waals surface area contributed by atoms with Gasteiger partial charge in [-0.05, 0) is 68.3 Å². The average Bonchev–Trinajstić information content (AvgIpc) is 3.48. The number of anilines is 1. The lowest BCUT2D eigenvalue weighted by Crippen LogP contribution is -2.33. The van der Waals surface area contributed by atoms with Crippen LogP contribution in [0.4, 0.5) is 5.69 Å². The maximum Gasteiger partial charge on any atom is 0.360 e. The van der Waals surface area contributed by atoms with Gasteiger partial charge in [-0.2, -0.15) is 0 Å². The number of fused-ring (bicyclic) bond motifs is 3. The first-order chi connectivity index (χ1) is 20.5. The van der Waals surface area contributed by atoms with Gasteiger partial charge in [-0.25, -0.2) is 14.8 Å². The van der Waals surface area contributed by atoms with Crippen LogP contribution in [0.15, 0.2) is 97.2 Å². The SMILES string of the molecule is CCN(CC)c1ccc(C2(c3c(-c4ccccc4)c(C)c4ccccn34)OC(=O)c3nc4ccccc4nc32)c(Cl)c1. The number of cyclic esters (lactones) is 1. The molecule has 4 heterocycles. The smallest absolute Gasteiger partial charge is 0.360 e. The lowest BCUT2D eigenvalue weighted by atomic mass is 9.82. The number of benzene rings is 3. The van der Waals surface area contributed by atoms with Crippen LogP contribution >= 0.6 is 11.6 Å². The number of pyridine rings is 1. The van der Waals surface area contributed by atoms with Crippen molar-refractivity contribution in [2.45, 2.75) is 26.4 Å². The average molecular weight is 573 g/mol. The number of halogens is 1. The number of hydrogen-bond acceptors (Lipinski definition) is 5. The van der Waals surface area contributed by atoms with E-state index in [-0.39, 0.29) is 5.69 Å². The molecule has 7 heteroatoms. The molecule has 0 N–H and O–H groups in total. The summed E-state index contributed by atoms with van der Waals surface area (Å²) in [6.45, 7) is 8.01. The van der Waals surface area contributed by atoms with Gasteiger partial charge in [0.2, 0.25) is 5.60 Å². The van der Waals surface area contributed by atoms with Crippen molar-refractivity contribution in [3.05, 3.63) is 130 Å². The number of nitrogens with zero attached hydrogens (tertiary/aromatic N) is 4. The van der Waals surface area contributed by atoms with Crippen molar-refractivity contribution >= 4 is 39.8 Å². The van der Waals surface area contributed by atoms with Crippen molar-refractivity contribution < 1.29 is 9.53 Å². The van der Waals surface area contributed by atoms with Crippen molar-refractivity contribution in [2.24, 2.45) is 0 Å². The molecule has 3 aromatic heterocycles. The second kappa shape index (κ2) is 10.00. The van der Waals surface area contributed by atoms with Crippen molar-refractivity contribution in [2.75, 3.05) is 18.0 Å². The Hall–Kier alpha value is -4.68. The van der Waals surface area contributed by atoms with Gasteiger partial charge in [0.1, 0.15) is 5.69 Å². The highest BCUT2D eigenvalue weighted by molar-refractivity contribution is 6.32. The van der Waals surface area contributed by atoms with E-state index in [0.29, 0.717) is 27.3 Å². The molecular weight excluding hydrogens is 544 g/mol. The van der Waals surface area contributed by atoms with E-state index in [4.69, 9.17) is 26.3 Å². The van der Waals surface area contributed by atoms with Gasteiger partial charge in [-0.1, -0.05) is 66.2 Å². The standard InChI is InChI=1S/C35H29ClN4O2/c1-4-39(5-2)24-18-19-25(26(36)21-24)35(32-31(34(41)42-35)37-27-15-9-10-16-28(27)38-32)33-30(23-13-7-6-8-14-23)22(3)29-17-11-12-20-40(29)33/h6-21H,4-5H2,1-3H3. The molecule has 0 amide bonds. The first kappa shape index (κ1) is 26.2. The molecule has 1 unspecified atom stereocenters. The van der Waals surface area contributed by atoms with Crippen LogP contribution in [0.25, 0.3) is 27.7 Å². The molecule has 1 aliphatic heterocycles. The van der Waals surface area contributed by atoms with Gasteiger partial charge in [0.05, 0.1) is 21.7 Å². The third-order valence-corrected chi connectivity index (χ3v) is 8.61. The Balaban J connectivity index is 1.65. The van der Waals surface area contributed by atoms with E-state index in [1.807, 2.05) is 79.0 Å². The molecule has 1 atom stereocenters. The Kier molecular flexibility index (Phi) is 6.24. The number of hydrogen-bond donors (Lipinski definition) is 0. The van der Waals surface area contributed by atoms with Crippen LogP contribution in [-0.2, 0) is 10.3 Å². The van der Waals surface area contributed by atoms with Crippen LogP contribution in [0.5, 0.6) is 0 Å². The van der Waals surface area contributed by atoms with E-state index < -0.39 is 11.6 Å². The molecule has 0 saturated carbocycles. The van der Waals surface area contributed by atoms with Crippen molar-refractivity contribution in [1.82, 2.24) is 14.4 Å². The molecule has 0 aliphatic carbocycles. The quantitative estimate of drug-likeness (QED) is 0.190. The van der Waals surface area contributed by atoms with Crippen LogP contribution in [0.3, 0.4) is 0 Å². The van der Waals surface area contributed by atoms with E-state index in [2.05, 4.69) is 48.3 Å². The molecule has 0 fully saturated rings. The molecule has 7 rings (SSSR count). The normalized spacial score (nSPS) is 16.1. The summed E-state index contributed by atoms with van der Waals surface area (Å²) in [7, 11) is 0. The largest absolute Gasteiger partial charge is 0.436 e. The first-order valence-electron chi connectivity index (χ1n) is 14.2. The maximum atomic E-state index is 13.9. The van der Waals surface area contributed by atoms with Crippen molar-refractivity contribution in [3.63, 3.8) is 0 Å². The number of para-hydroxylation sites is 2. The van der Waals surface area contributed by atoms with Gasteiger partial charge in [0.25, 0.3) is 0 Å². The fourth-order valence-corrected chi connectivity index (χ4v) is 6.65. The van der Waals surface area contributed by atoms with Crippen molar-refractivity contribution in [3.8, 4) is 11.1 Å². The van der Waals surface area contributed by atoms with E-state index in [1.165, 1.54) is 0 Å². The Bertz CT molecular complexity index is 2000. The molecule has 6 aromatic rings. The Morgan fingerprint density at radius 1 is 0.881 bits per heavy atom. The summed E-state index contributed by atoms with van der Waals surface area (Å²) >= 11 is 7.22. The lowest BCUT2D eigenvalue weighted by molar-refractivity contribution is 0.0228. The molecule has 0 bridgehead atoms. The Morgan fingerprint density at radius 2 is 1.57 bits per heavy atom. The van der Waals surface area contributed by atoms with Gasteiger partial charge in [0.15, 0.2) is 5.69 Å². The summed E-state index contributed by atoms with van der Waals surface area (Å²) in [6.07, 6.45) is 2.00. The minimum atomic E-state index is -1.47. The topological polar surface area (TPSA) is 59.7 Å². The summed E-state index contributed by atoms with van der Waals surface area (Å²) in [6, 6.07) is 29.8. The Morgan fingerprint density at radius 3 is 2.29 bits per heavy atom. The number of aromatic nitrogens is 3. The predicted octanol–water partition coefficient (Wildman–Crippen LogP) is 7.82. The molecule has 0 radical (unpaired) electrons. The van der Waals surface area contributed by atoms with Crippen LogP contribution in [0.1, 0.15) is 46.9 Å². The Labute approximate surface area is 249 Å². The molecule has 208 valence electrons. The molecule has 6 nitrogen and oxygen atoms in total. The fourth-order valence-electron chi connectivity index (χ4n) is 6.34. The van der Waals surface area contributed by atoms with Crippen LogP contribution in [-0.4, -0.2) is 33.4 Å². The van der Waals surface area contributed by atoms with Crippen LogP contribution in [0, 0.1) is 6.92 Å². The number of carbonyl (C=O) groups is 1. The number of rotatable bonds is 6. The molecular formula is C35H29ClN4O2. The molecule has 3 aromatic carbocycles. The zero-order valence-corrected chi connectivity index (χ0v) is 24.4. The monoisotopic (exact) mass is 572 g/mol. The number of esters is 1. The number of aryl methyl sites for hydroxylation is 1. The molecule has 42 heavy (non-hydrogen) atoms. The predicted molar refractivity (Wildman–Crippen MR) is 167 cm³/mol. The summed E-state index contributed by atoms with van der Waals surface area (Å²) in [4.78, 5) is 26.0. The zero-order valence-electron chi connectivity index (χ0n) is 23.6. The van der Waals surface area contributed by atoms with E-state index in [1.54, 1.807) is 0 Å². The van der Waals surface area contributed by atoms with Gasteiger partial charge in [-0.3, -0.25) is 0 Å². The zero-order chi connectivity index (χ0) is 29.0. The second-order valence-electron chi connectivity index (χ2n) is 10.5. The van der Waals surface area contributed by atoms with Gasteiger partial charge in [0, 0.05) is 41.6 Å². The fraction of sp³-hybridized carbons (Fsp3) is 0.171. The van der Waals surface area contributed by atoms with Gasteiger partial charge in [-0.15, -0.1) is 0 Å². The van der Waals surface area contributed by atoms with E-state index in [9.17, 15) is 4.79 Å². The summed E-state index contributed by atoms with van der Waals surface area (Å²) < 4.78 is 8.70.